The fraction of sp³-hybridized carbons (Fsp3) is 0.286. The predicted molar refractivity (Wildman–Crippen MR) is 50.3 cm³/mol. The molecule has 1 aliphatic rings. The molecule has 0 spiro atoms. The van der Waals surface area contributed by atoms with Crippen molar-refractivity contribution < 1.29 is 9.90 Å². The Hall–Kier alpha value is -0.360. The van der Waals surface area contributed by atoms with Crippen molar-refractivity contribution in [3.8, 4) is 0 Å². The van der Waals surface area contributed by atoms with Crippen LogP contribution in [0.2, 0.25) is 0 Å². The van der Waals surface area contributed by atoms with E-state index in [0.717, 1.165) is 0 Å². The monoisotopic (exact) mass is 265 g/mol. The Bertz CT molecular complexity index is 233. The molecule has 0 amide bonds. The first-order valence-electron chi connectivity index (χ1n) is 3.10. The van der Waals surface area contributed by atoms with Gasteiger partial charge in [-0.1, -0.05) is 46.9 Å². The molecule has 0 saturated carbocycles. The number of allylic oxidation sites excluding steroid dienone is 2. The van der Waals surface area contributed by atoms with E-state index in [2.05, 4.69) is 0 Å². The molecule has 1 aliphatic carbocycles. The molecular weight excluding hydrogens is 257 g/mol. The highest BCUT2D eigenvalue weighted by Crippen LogP contribution is 2.28. The average Bonchev–Trinajstić information content (AvgIpc) is 1.85. The van der Waals surface area contributed by atoms with E-state index in [4.69, 9.17) is 10.8 Å². The zero-order valence-electron chi connectivity index (χ0n) is 5.70. The number of nitrogens with two attached hydrogens (primary N) is 1. The van der Waals surface area contributed by atoms with Gasteiger partial charge in [0, 0.05) is 0 Å². The van der Waals surface area contributed by atoms with Crippen molar-refractivity contribution in [2.24, 2.45) is 11.7 Å². The molecule has 3 nitrogen and oxygen atoms in total. The Labute approximate surface area is 78.1 Å². The molecule has 11 heavy (non-hydrogen) atoms. The van der Waals surface area contributed by atoms with Crippen molar-refractivity contribution in [3.63, 3.8) is 0 Å². The predicted octanol–water partition coefficient (Wildman–Crippen LogP) is 0.903. The highest BCUT2D eigenvalue weighted by molar-refractivity contribution is 14.1. The van der Waals surface area contributed by atoms with Crippen molar-refractivity contribution in [1.29, 1.82) is 0 Å². The van der Waals surface area contributed by atoms with Crippen LogP contribution in [0, 0.1) is 5.92 Å². The van der Waals surface area contributed by atoms with Crippen LogP contribution in [-0.4, -0.2) is 14.6 Å². The van der Waals surface area contributed by atoms with Crippen LogP contribution in [0.5, 0.6) is 0 Å². The van der Waals surface area contributed by atoms with Crippen LogP contribution in [0.4, 0.5) is 0 Å². The maximum atomic E-state index is 10.6. The van der Waals surface area contributed by atoms with Gasteiger partial charge < -0.3 is 10.8 Å². The molecule has 1 rings (SSSR count). The number of hydrogen-bond donors (Lipinski definition) is 2. The highest BCUT2D eigenvalue weighted by Gasteiger charge is 2.34. The van der Waals surface area contributed by atoms with Crippen molar-refractivity contribution in [3.05, 3.63) is 24.3 Å². The molecule has 3 N–H and O–H groups in total. The Morgan fingerprint density at radius 1 is 1.64 bits per heavy atom. The van der Waals surface area contributed by atoms with Gasteiger partial charge >= 0.3 is 5.97 Å². The van der Waals surface area contributed by atoms with E-state index in [9.17, 15) is 4.79 Å². The van der Waals surface area contributed by atoms with Crippen molar-refractivity contribution >= 4 is 28.6 Å². The van der Waals surface area contributed by atoms with Crippen LogP contribution in [0.15, 0.2) is 24.3 Å². The van der Waals surface area contributed by atoms with E-state index in [1.54, 1.807) is 24.3 Å². The summed E-state index contributed by atoms with van der Waals surface area (Å²) in [7, 11) is 0. The topological polar surface area (TPSA) is 63.3 Å². The molecule has 0 radical (unpaired) electrons. The molecule has 0 aromatic heterocycles. The number of carbonyl (C=O) groups is 1. The van der Waals surface area contributed by atoms with E-state index in [1.807, 2.05) is 22.6 Å². The summed E-state index contributed by atoms with van der Waals surface area (Å²) in [5.74, 6) is -1.50. The Balaban J connectivity index is 2.89. The summed E-state index contributed by atoms with van der Waals surface area (Å²) < 4.78 is -0.779. The molecular formula is C7H8INO2. The zero-order valence-corrected chi connectivity index (χ0v) is 7.86. The van der Waals surface area contributed by atoms with Crippen LogP contribution in [0.25, 0.3) is 0 Å². The van der Waals surface area contributed by atoms with Crippen molar-refractivity contribution in [2.45, 2.75) is 3.55 Å². The molecule has 0 saturated heterocycles. The van der Waals surface area contributed by atoms with E-state index in [0.29, 0.717) is 0 Å². The van der Waals surface area contributed by atoms with Gasteiger partial charge in [-0.25, -0.2) is 0 Å². The number of rotatable bonds is 1. The number of aliphatic carboxylic acids is 1. The lowest BCUT2D eigenvalue weighted by Crippen LogP contribution is -2.43. The lowest BCUT2D eigenvalue weighted by molar-refractivity contribution is -0.140. The maximum absolute atomic E-state index is 10.6. The smallest absolute Gasteiger partial charge is 0.313 e. The second kappa shape index (κ2) is 2.94. The second-order valence-corrected chi connectivity index (χ2v) is 4.26. The van der Waals surface area contributed by atoms with Gasteiger partial charge in [0.05, 0.1) is 0 Å². The maximum Gasteiger partial charge on any atom is 0.313 e. The molecule has 0 heterocycles. The standard InChI is InChI=1S/C7H8INO2/c8-7(9)4-2-1-3-5(7)6(10)11/h1-5H,9H2,(H,10,11). The quantitative estimate of drug-likeness (QED) is 0.420. The zero-order chi connectivity index (χ0) is 8.48. The van der Waals surface area contributed by atoms with Gasteiger partial charge in [-0.15, -0.1) is 0 Å². The number of alkyl halides is 1. The summed E-state index contributed by atoms with van der Waals surface area (Å²) in [6.45, 7) is 0. The minimum Gasteiger partial charge on any atom is -0.481 e. The normalized spacial score (nSPS) is 35.6. The first kappa shape index (κ1) is 8.73. The number of carboxylic acids is 1. The highest BCUT2D eigenvalue weighted by atomic mass is 127. The number of carboxylic acid groups (broad SMARTS) is 1. The Morgan fingerprint density at radius 3 is 2.64 bits per heavy atom. The fourth-order valence-corrected chi connectivity index (χ4v) is 1.58. The summed E-state index contributed by atoms with van der Waals surface area (Å²) in [5.41, 5.74) is 5.69. The largest absolute Gasteiger partial charge is 0.481 e. The summed E-state index contributed by atoms with van der Waals surface area (Å²) in [4.78, 5) is 10.6. The van der Waals surface area contributed by atoms with Gasteiger partial charge in [0.25, 0.3) is 0 Å². The van der Waals surface area contributed by atoms with Gasteiger partial charge in [0.15, 0.2) is 0 Å². The van der Waals surface area contributed by atoms with Crippen LogP contribution >= 0.6 is 22.6 Å². The van der Waals surface area contributed by atoms with Crippen LogP contribution in [0.3, 0.4) is 0 Å². The van der Waals surface area contributed by atoms with Crippen LogP contribution < -0.4 is 5.73 Å². The molecule has 2 unspecified atom stereocenters. The lowest BCUT2D eigenvalue weighted by atomic mass is 9.96. The van der Waals surface area contributed by atoms with Gasteiger partial charge in [0.2, 0.25) is 0 Å². The van der Waals surface area contributed by atoms with Gasteiger partial charge in [0.1, 0.15) is 9.46 Å². The van der Waals surface area contributed by atoms with Gasteiger partial charge in [-0.3, -0.25) is 4.79 Å². The van der Waals surface area contributed by atoms with Gasteiger partial charge in [-0.05, 0) is 0 Å². The molecule has 60 valence electrons. The van der Waals surface area contributed by atoms with E-state index in [1.165, 1.54) is 0 Å². The van der Waals surface area contributed by atoms with Crippen LogP contribution in [-0.2, 0) is 4.79 Å². The third kappa shape index (κ3) is 1.81. The van der Waals surface area contributed by atoms with E-state index >= 15 is 0 Å². The Kier molecular flexibility index (Phi) is 2.34. The molecule has 2 atom stereocenters. The summed E-state index contributed by atoms with van der Waals surface area (Å²) in [6.07, 6.45) is 6.73. The number of halogens is 1. The summed E-state index contributed by atoms with van der Waals surface area (Å²) in [6, 6.07) is 0. The molecule has 0 bridgehead atoms. The lowest BCUT2D eigenvalue weighted by Gasteiger charge is -2.25. The van der Waals surface area contributed by atoms with Crippen molar-refractivity contribution in [2.75, 3.05) is 0 Å². The van der Waals surface area contributed by atoms with E-state index in [-0.39, 0.29) is 0 Å². The minimum atomic E-state index is -0.887. The minimum absolute atomic E-state index is 0.618. The SMILES string of the molecule is NC1(I)C=CC=CC1C(=O)O. The second-order valence-electron chi connectivity index (χ2n) is 2.39. The fourth-order valence-electron chi connectivity index (χ4n) is 0.901. The average molecular weight is 265 g/mol. The van der Waals surface area contributed by atoms with E-state index < -0.39 is 15.4 Å². The summed E-state index contributed by atoms with van der Waals surface area (Å²) in [5, 5.41) is 8.70. The third-order valence-electron chi connectivity index (χ3n) is 1.51. The Morgan fingerprint density at radius 2 is 2.27 bits per heavy atom. The van der Waals surface area contributed by atoms with Crippen LogP contribution in [0.1, 0.15) is 0 Å². The molecule has 0 fully saturated rings. The first-order chi connectivity index (χ1) is 5.04. The third-order valence-corrected chi connectivity index (χ3v) is 2.54. The first-order valence-corrected chi connectivity index (χ1v) is 4.18. The number of hydrogen-bond acceptors (Lipinski definition) is 2. The van der Waals surface area contributed by atoms with Gasteiger partial charge in [-0.2, -0.15) is 0 Å². The molecule has 0 aliphatic heterocycles. The van der Waals surface area contributed by atoms with Crippen molar-refractivity contribution in [1.82, 2.24) is 0 Å². The molecule has 0 aromatic rings. The molecule has 0 aromatic carbocycles. The summed E-state index contributed by atoms with van der Waals surface area (Å²) >= 11 is 1.93. The molecule has 4 heteroatoms.